The highest BCUT2D eigenvalue weighted by molar-refractivity contribution is 6.03. The highest BCUT2D eigenvalue weighted by Crippen LogP contribution is 2.31. The molecule has 2 rings (SSSR count). The normalized spacial score (nSPS) is 10.5. The van der Waals surface area contributed by atoms with Gasteiger partial charge in [-0.25, -0.2) is 4.39 Å². The number of nitrogens with two attached hydrogens (primary N) is 1. The summed E-state index contributed by atoms with van der Waals surface area (Å²) in [4.78, 5) is 23.2. The van der Waals surface area contributed by atoms with Crippen LogP contribution in [0.2, 0.25) is 0 Å². The quantitative estimate of drug-likeness (QED) is 0.788. The number of carbonyl (C=O) groups excluding carboxylic acids is 2. The Labute approximate surface area is 144 Å². The average molecular weight is 344 g/mol. The number of ether oxygens (including phenoxy) is 2. The lowest BCUT2D eigenvalue weighted by Crippen LogP contribution is -2.14. The van der Waals surface area contributed by atoms with Crippen molar-refractivity contribution in [2.45, 2.75) is 0 Å². The zero-order valence-corrected chi connectivity index (χ0v) is 13.7. The van der Waals surface area contributed by atoms with Crippen molar-refractivity contribution >= 4 is 23.6 Å². The highest BCUT2D eigenvalue weighted by Gasteiger charge is 2.10. The second-order valence-electron chi connectivity index (χ2n) is 4.96. The molecule has 0 fully saturated rings. The molecule has 0 aliphatic carbocycles. The fraction of sp³-hybridized carbons (Fsp3) is 0.111. The molecular weight excluding hydrogens is 327 g/mol. The van der Waals surface area contributed by atoms with Gasteiger partial charge in [-0.3, -0.25) is 9.59 Å². The zero-order chi connectivity index (χ0) is 18.4. The van der Waals surface area contributed by atoms with E-state index in [9.17, 15) is 14.0 Å². The third-order valence-corrected chi connectivity index (χ3v) is 3.35. The maximum Gasteiger partial charge on any atom is 0.251 e. The van der Waals surface area contributed by atoms with E-state index in [-0.39, 0.29) is 11.3 Å². The maximum atomic E-state index is 13.4. The summed E-state index contributed by atoms with van der Waals surface area (Å²) in [5.74, 6) is -1.10. The van der Waals surface area contributed by atoms with E-state index < -0.39 is 17.6 Å². The minimum atomic E-state index is -0.912. The number of benzene rings is 2. The number of anilines is 1. The summed E-state index contributed by atoms with van der Waals surface area (Å²) < 4.78 is 23.9. The molecule has 3 N–H and O–H groups in total. The maximum absolute atomic E-state index is 13.4. The van der Waals surface area contributed by atoms with Gasteiger partial charge in [-0.2, -0.15) is 0 Å². The van der Waals surface area contributed by atoms with E-state index in [0.717, 1.165) is 6.07 Å². The minimum absolute atomic E-state index is 0.252. The smallest absolute Gasteiger partial charge is 0.251 e. The van der Waals surface area contributed by atoms with Gasteiger partial charge in [0.2, 0.25) is 5.91 Å². The van der Waals surface area contributed by atoms with Crippen LogP contribution < -0.4 is 20.5 Å². The van der Waals surface area contributed by atoms with Gasteiger partial charge in [-0.15, -0.1) is 0 Å². The molecule has 0 aliphatic rings. The van der Waals surface area contributed by atoms with E-state index in [1.807, 2.05) is 0 Å². The van der Waals surface area contributed by atoms with Crippen LogP contribution in [0.15, 0.2) is 42.5 Å². The van der Waals surface area contributed by atoms with Gasteiger partial charge in [-0.1, -0.05) is 12.1 Å². The van der Waals surface area contributed by atoms with E-state index in [1.165, 1.54) is 32.4 Å². The van der Waals surface area contributed by atoms with Crippen LogP contribution in [0, 0.1) is 5.82 Å². The monoisotopic (exact) mass is 344 g/mol. The van der Waals surface area contributed by atoms with Crippen molar-refractivity contribution in [2.75, 3.05) is 19.5 Å². The van der Waals surface area contributed by atoms with Crippen LogP contribution in [0.3, 0.4) is 0 Å². The molecule has 2 amide bonds. The van der Waals surface area contributed by atoms with Gasteiger partial charge in [0, 0.05) is 17.3 Å². The first-order valence-corrected chi connectivity index (χ1v) is 7.25. The molecule has 0 aliphatic heterocycles. The SMILES string of the molecule is COc1cccc(/C=C/C(=O)Nc2ccc(F)c(C(N)=O)c2)c1OC. The number of rotatable bonds is 6. The summed E-state index contributed by atoms with van der Waals surface area (Å²) in [5, 5.41) is 2.53. The number of hydrogen-bond acceptors (Lipinski definition) is 4. The van der Waals surface area contributed by atoms with Gasteiger partial charge in [0.1, 0.15) is 5.82 Å². The molecule has 0 heterocycles. The van der Waals surface area contributed by atoms with Gasteiger partial charge in [-0.05, 0) is 30.3 Å². The predicted molar refractivity (Wildman–Crippen MR) is 92.1 cm³/mol. The molecule has 0 unspecified atom stereocenters. The molecular formula is C18H17FN2O4. The van der Waals surface area contributed by atoms with Crippen molar-refractivity contribution < 1.29 is 23.5 Å². The number of nitrogens with one attached hydrogen (secondary N) is 1. The van der Waals surface area contributed by atoms with Crippen molar-refractivity contribution in [2.24, 2.45) is 5.73 Å². The minimum Gasteiger partial charge on any atom is -0.493 e. The first kappa shape index (κ1) is 18.0. The Morgan fingerprint density at radius 3 is 2.56 bits per heavy atom. The van der Waals surface area contributed by atoms with Crippen molar-refractivity contribution in [1.29, 1.82) is 0 Å². The molecule has 6 nitrogen and oxygen atoms in total. The van der Waals surface area contributed by atoms with Crippen LogP contribution >= 0.6 is 0 Å². The molecule has 130 valence electrons. The molecule has 0 saturated heterocycles. The lowest BCUT2D eigenvalue weighted by molar-refractivity contribution is -0.111. The zero-order valence-electron chi connectivity index (χ0n) is 13.7. The summed E-state index contributed by atoms with van der Waals surface area (Å²) in [5.41, 5.74) is 5.68. The summed E-state index contributed by atoms with van der Waals surface area (Å²) >= 11 is 0. The molecule has 0 spiro atoms. The molecule has 0 aromatic heterocycles. The standard InChI is InChI=1S/C18H17FN2O4/c1-24-15-5-3-4-11(17(15)25-2)6-9-16(22)21-12-7-8-14(19)13(10-12)18(20)23/h3-10H,1-2H3,(H2,20,23)(H,21,22)/b9-6+. The van der Waals surface area contributed by atoms with Gasteiger partial charge < -0.3 is 20.5 Å². The molecule has 2 aromatic rings. The third-order valence-electron chi connectivity index (χ3n) is 3.35. The van der Waals surface area contributed by atoms with E-state index in [0.29, 0.717) is 17.1 Å². The summed E-state index contributed by atoms with van der Waals surface area (Å²) in [7, 11) is 3.02. The van der Waals surface area contributed by atoms with Gasteiger partial charge in [0.25, 0.3) is 5.91 Å². The molecule has 2 aromatic carbocycles. The van der Waals surface area contributed by atoms with Crippen LogP contribution in [-0.4, -0.2) is 26.0 Å². The first-order chi connectivity index (χ1) is 12.0. The van der Waals surface area contributed by atoms with E-state index in [1.54, 1.807) is 24.3 Å². The van der Waals surface area contributed by atoms with E-state index in [4.69, 9.17) is 15.2 Å². The first-order valence-electron chi connectivity index (χ1n) is 7.25. The van der Waals surface area contributed by atoms with Crippen LogP contribution in [0.1, 0.15) is 15.9 Å². The van der Waals surface area contributed by atoms with Crippen LogP contribution in [0.25, 0.3) is 6.08 Å². The third kappa shape index (κ3) is 4.35. The number of carbonyl (C=O) groups is 2. The van der Waals surface area contributed by atoms with Gasteiger partial charge >= 0.3 is 0 Å². The second kappa shape index (κ2) is 7.96. The Hall–Kier alpha value is -3.35. The summed E-state index contributed by atoms with van der Waals surface area (Å²) in [6, 6.07) is 8.83. The highest BCUT2D eigenvalue weighted by atomic mass is 19.1. The van der Waals surface area contributed by atoms with Gasteiger partial charge in [0.15, 0.2) is 11.5 Å². The fourth-order valence-corrected chi connectivity index (χ4v) is 2.18. The molecule has 0 bridgehead atoms. The number of hydrogen-bond donors (Lipinski definition) is 2. The molecule has 0 saturated carbocycles. The Balaban J connectivity index is 2.17. The van der Waals surface area contributed by atoms with Crippen LogP contribution in [0.5, 0.6) is 11.5 Å². The number of methoxy groups -OCH3 is 2. The van der Waals surface area contributed by atoms with Crippen LogP contribution in [0.4, 0.5) is 10.1 Å². The fourth-order valence-electron chi connectivity index (χ4n) is 2.18. The summed E-state index contributed by atoms with van der Waals surface area (Å²) in [6.07, 6.45) is 2.83. The topological polar surface area (TPSA) is 90.6 Å². The lowest BCUT2D eigenvalue weighted by atomic mass is 10.1. The van der Waals surface area contributed by atoms with Crippen molar-refractivity contribution in [3.05, 3.63) is 59.4 Å². The Bertz CT molecular complexity index is 834. The van der Waals surface area contributed by atoms with E-state index >= 15 is 0 Å². The van der Waals surface area contributed by atoms with Crippen molar-refractivity contribution in [3.8, 4) is 11.5 Å². The lowest BCUT2D eigenvalue weighted by Gasteiger charge is -2.10. The number of primary amides is 1. The van der Waals surface area contributed by atoms with Crippen LogP contribution in [-0.2, 0) is 4.79 Å². The molecule has 0 atom stereocenters. The number of amides is 2. The number of halogens is 1. The molecule has 7 heteroatoms. The predicted octanol–water partition coefficient (Wildman–Crippen LogP) is 2.59. The average Bonchev–Trinajstić information content (AvgIpc) is 2.60. The molecule has 0 radical (unpaired) electrons. The van der Waals surface area contributed by atoms with E-state index in [2.05, 4.69) is 5.32 Å². The largest absolute Gasteiger partial charge is 0.493 e. The summed E-state index contributed by atoms with van der Waals surface area (Å²) in [6.45, 7) is 0. The number of para-hydroxylation sites is 1. The second-order valence-corrected chi connectivity index (χ2v) is 4.96. The molecule has 25 heavy (non-hydrogen) atoms. The Morgan fingerprint density at radius 2 is 1.92 bits per heavy atom. The Kier molecular flexibility index (Phi) is 5.73. The van der Waals surface area contributed by atoms with Crippen molar-refractivity contribution in [3.63, 3.8) is 0 Å². The Morgan fingerprint density at radius 1 is 1.16 bits per heavy atom. The van der Waals surface area contributed by atoms with Gasteiger partial charge in [0.05, 0.1) is 19.8 Å². The van der Waals surface area contributed by atoms with Crippen molar-refractivity contribution in [1.82, 2.24) is 0 Å².